The highest BCUT2D eigenvalue weighted by Crippen LogP contribution is 2.27. The molecule has 3 atom stereocenters. The maximum absolute atomic E-state index is 12.5. The molecule has 0 aromatic carbocycles. The first kappa shape index (κ1) is 13.6. The standard InChI is InChI=1S/C14H20N2O3/c1-4-10-14(18)16(11(5-2)13(17)15-10)9(3)12-7-6-8-19-12/h6-11H,4-5H2,1-3H3,(H,15,17). The second-order valence-electron chi connectivity index (χ2n) is 4.83. The van der Waals surface area contributed by atoms with E-state index >= 15 is 0 Å². The van der Waals surface area contributed by atoms with Crippen molar-refractivity contribution < 1.29 is 14.0 Å². The van der Waals surface area contributed by atoms with Gasteiger partial charge in [-0.25, -0.2) is 0 Å². The highest BCUT2D eigenvalue weighted by molar-refractivity contribution is 5.97. The fraction of sp³-hybridized carbons (Fsp3) is 0.571. The Bertz CT molecular complexity index is 455. The summed E-state index contributed by atoms with van der Waals surface area (Å²) in [5.41, 5.74) is 0. The molecule has 5 nitrogen and oxygen atoms in total. The number of piperazine rings is 1. The lowest BCUT2D eigenvalue weighted by Gasteiger charge is -2.41. The van der Waals surface area contributed by atoms with Crippen LogP contribution in [0.5, 0.6) is 0 Å². The lowest BCUT2D eigenvalue weighted by Crippen LogP contribution is -2.63. The van der Waals surface area contributed by atoms with Crippen LogP contribution in [0, 0.1) is 0 Å². The maximum Gasteiger partial charge on any atom is 0.246 e. The molecule has 104 valence electrons. The van der Waals surface area contributed by atoms with Crippen LogP contribution in [-0.2, 0) is 9.59 Å². The molecule has 1 fully saturated rings. The number of furan rings is 1. The van der Waals surface area contributed by atoms with Crippen molar-refractivity contribution in [3.8, 4) is 0 Å². The Morgan fingerprint density at radius 2 is 2.11 bits per heavy atom. The number of hydrogen-bond acceptors (Lipinski definition) is 3. The summed E-state index contributed by atoms with van der Waals surface area (Å²) in [5, 5.41) is 2.79. The molecule has 2 rings (SSSR count). The highest BCUT2D eigenvalue weighted by Gasteiger charge is 2.41. The second-order valence-corrected chi connectivity index (χ2v) is 4.83. The highest BCUT2D eigenvalue weighted by atomic mass is 16.3. The van der Waals surface area contributed by atoms with Gasteiger partial charge in [0.25, 0.3) is 0 Å². The van der Waals surface area contributed by atoms with Gasteiger partial charge in [0, 0.05) is 0 Å². The SMILES string of the molecule is CCC1NC(=O)C(CC)N(C(C)c2ccco2)C1=O. The predicted octanol–water partition coefficient (Wildman–Crippen LogP) is 1.86. The molecule has 1 N–H and O–H groups in total. The van der Waals surface area contributed by atoms with Crippen LogP contribution < -0.4 is 5.32 Å². The first-order valence-electron chi connectivity index (χ1n) is 6.76. The van der Waals surface area contributed by atoms with E-state index in [4.69, 9.17) is 4.42 Å². The van der Waals surface area contributed by atoms with Crippen LogP contribution in [0.25, 0.3) is 0 Å². The van der Waals surface area contributed by atoms with Gasteiger partial charge in [0.05, 0.1) is 12.3 Å². The molecule has 2 heterocycles. The number of hydrogen-bond donors (Lipinski definition) is 1. The molecule has 0 radical (unpaired) electrons. The van der Waals surface area contributed by atoms with Crippen molar-refractivity contribution in [2.45, 2.75) is 51.7 Å². The molecule has 0 spiro atoms. The van der Waals surface area contributed by atoms with E-state index < -0.39 is 12.1 Å². The Morgan fingerprint density at radius 1 is 1.37 bits per heavy atom. The van der Waals surface area contributed by atoms with Gasteiger partial charge < -0.3 is 14.6 Å². The fourth-order valence-corrected chi connectivity index (χ4v) is 2.58. The lowest BCUT2D eigenvalue weighted by molar-refractivity contribution is -0.152. The average molecular weight is 264 g/mol. The number of carbonyl (C=O) groups excluding carboxylic acids is 2. The van der Waals surface area contributed by atoms with Gasteiger partial charge in [-0.3, -0.25) is 9.59 Å². The summed E-state index contributed by atoms with van der Waals surface area (Å²) in [4.78, 5) is 26.2. The van der Waals surface area contributed by atoms with Crippen LogP contribution in [0.2, 0.25) is 0 Å². The molecule has 1 aromatic rings. The van der Waals surface area contributed by atoms with Gasteiger partial charge >= 0.3 is 0 Å². The van der Waals surface area contributed by atoms with E-state index in [1.165, 1.54) is 0 Å². The summed E-state index contributed by atoms with van der Waals surface area (Å²) in [6, 6.07) is 2.55. The van der Waals surface area contributed by atoms with E-state index in [0.717, 1.165) is 0 Å². The zero-order chi connectivity index (χ0) is 14.0. The van der Waals surface area contributed by atoms with Gasteiger partial charge in [0.1, 0.15) is 17.8 Å². The quantitative estimate of drug-likeness (QED) is 0.902. The van der Waals surface area contributed by atoms with Gasteiger partial charge in [0.15, 0.2) is 0 Å². The van der Waals surface area contributed by atoms with E-state index in [2.05, 4.69) is 5.32 Å². The van der Waals surface area contributed by atoms with Gasteiger partial charge in [-0.05, 0) is 31.9 Å². The minimum absolute atomic E-state index is 0.0298. The molecule has 3 unspecified atom stereocenters. The normalized spacial score (nSPS) is 25.3. The third-order valence-corrected chi connectivity index (χ3v) is 3.67. The van der Waals surface area contributed by atoms with Crippen LogP contribution in [0.15, 0.2) is 22.8 Å². The molecule has 2 amide bonds. The summed E-state index contributed by atoms with van der Waals surface area (Å²) >= 11 is 0. The van der Waals surface area contributed by atoms with Crippen molar-refractivity contribution in [3.05, 3.63) is 24.2 Å². The van der Waals surface area contributed by atoms with E-state index in [9.17, 15) is 9.59 Å². The van der Waals surface area contributed by atoms with Crippen molar-refractivity contribution in [2.75, 3.05) is 0 Å². The number of carbonyl (C=O) groups is 2. The van der Waals surface area contributed by atoms with E-state index in [0.29, 0.717) is 18.6 Å². The van der Waals surface area contributed by atoms with E-state index in [-0.39, 0.29) is 17.9 Å². The second kappa shape index (κ2) is 5.47. The summed E-state index contributed by atoms with van der Waals surface area (Å²) in [7, 11) is 0. The van der Waals surface area contributed by atoms with Crippen LogP contribution >= 0.6 is 0 Å². The first-order chi connectivity index (χ1) is 9.10. The third kappa shape index (κ3) is 2.37. The number of nitrogens with one attached hydrogen (secondary N) is 1. The molecule has 5 heteroatoms. The molecule has 1 aromatic heterocycles. The minimum Gasteiger partial charge on any atom is -0.467 e. The molecular formula is C14H20N2O3. The minimum atomic E-state index is -0.423. The molecule has 1 aliphatic heterocycles. The Hall–Kier alpha value is -1.78. The molecule has 0 saturated carbocycles. The monoisotopic (exact) mass is 264 g/mol. The number of nitrogens with zero attached hydrogens (tertiary/aromatic N) is 1. The molecular weight excluding hydrogens is 244 g/mol. The molecule has 19 heavy (non-hydrogen) atoms. The van der Waals surface area contributed by atoms with Gasteiger partial charge in [-0.15, -0.1) is 0 Å². The predicted molar refractivity (Wildman–Crippen MR) is 70.3 cm³/mol. The van der Waals surface area contributed by atoms with Gasteiger partial charge in [-0.1, -0.05) is 13.8 Å². The average Bonchev–Trinajstić information content (AvgIpc) is 2.93. The summed E-state index contributed by atoms with van der Waals surface area (Å²) in [6.07, 6.45) is 2.78. The van der Waals surface area contributed by atoms with Gasteiger partial charge in [-0.2, -0.15) is 0 Å². The largest absolute Gasteiger partial charge is 0.467 e. The molecule has 0 aliphatic carbocycles. The molecule has 1 saturated heterocycles. The number of rotatable bonds is 4. The Kier molecular flexibility index (Phi) is 3.93. The summed E-state index contributed by atoms with van der Waals surface area (Å²) < 4.78 is 5.37. The first-order valence-corrected chi connectivity index (χ1v) is 6.76. The van der Waals surface area contributed by atoms with Gasteiger partial charge in [0.2, 0.25) is 11.8 Å². The van der Waals surface area contributed by atoms with Crippen LogP contribution in [0.1, 0.15) is 45.4 Å². The van der Waals surface area contributed by atoms with E-state index in [1.54, 1.807) is 17.2 Å². The summed E-state index contributed by atoms with van der Waals surface area (Å²) in [5.74, 6) is 0.599. The zero-order valence-corrected chi connectivity index (χ0v) is 11.6. The van der Waals surface area contributed by atoms with Crippen molar-refractivity contribution in [3.63, 3.8) is 0 Å². The van der Waals surface area contributed by atoms with Crippen LogP contribution in [-0.4, -0.2) is 28.8 Å². The molecule has 1 aliphatic rings. The van der Waals surface area contributed by atoms with Crippen LogP contribution in [0.3, 0.4) is 0 Å². The Morgan fingerprint density at radius 3 is 2.63 bits per heavy atom. The van der Waals surface area contributed by atoms with Crippen LogP contribution in [0.4, 0.5) is 0 Å². The Labute approximate surface area is 113 Å². The Balaban J connectivity index is 2.31. The summed E-state index contributed by atoms with van der Waals surface area (Å²) in [6.45, 7) is 5.70. The van der Waals surface area contributed by atoms with E-state index in [1.807, 2.05) is 26.8 Å². The third-order valence-electron chi connectivity index (χ3n) is 3.67. The molecule has 0 bridgehead atoms. The van der Waals surface area contributed by atoms with Crippen molar-refractivity contribution in [2.24, 2.45) is 0 Å². The van der Waals surface area contributed by atoms with Crippen molar-refractivity contribution >= 4 is 11.8 Å². The van der Waals surface area contributed by atoms with Crippen molar-refractivity contribution in [1.82, 2.24) is 10.2 Å². The topological polar surface area (TPSA) is 62.6 Å². The smallest absolute Gasteiger partial charge is 0.246 e. The number of amides is 2. The van der Waals surface area contributed by atoms with Crippen molar-refractivity contribution in [1.29, 1.82) is 0 Å². The maximum atomic E-state index is 12.5. The fourth-order valence-electron chi connectivity index (χ4n) is 2.58. The zero-order valence-electron chi connectivity index (χ0n) is 11.6. The lowest BCUT2D eigenvalue weighted by atomic mass is 10.0.